The lowest BCUT2D eigenvalue weighted by atomic mass is 9.99. The monoisotopic (exact) mass is 257 g/mol. The Kier molecular flexibility index (Phi) is 3.08. The predicted molar refractivity (Wildman–Crippen MR) is 76.5 cm³/mol. The van der Waals surface area contributed by atoms with Crippen LogP contribution in [0.4, 0.5) is 5.82 Å². The van der Waals surface area contributed by atoms with E-state index < -0.39 is 0 Å². The van der Waals surface area contributed by atoms with E-state index in [9.17, 15) is 0 Å². The first-order valence-corrected chi connectivity index (χ1v) is 6.60. The molecule has 1 fully saturated rings. The molecule has 0 spiro atoms. The summed E-state index contributed by atoms with van der Waals surface area (Å²) in [7, 11) is 2.15. The van der Waals surface area contributed by atoms with Crippen LogP contribution in [0.15, 0.2) is 24.4 Å². The first-order chi connectivity index (χ1) is 9.17. The topological polar surface area (TPSA) is 81.1 Å². The highest BCUT2D eigenvalue weighted by molar-refractivity contribution is 5.76. The molecule has 1 aliphatic rings. The number of likely N-dealkylation sites (tertiary alicyclic amines) is 1. The van der Waals surface area contributed by atoms with E-state index in [-0.39, 0.29) is 0 Å². The molecule has 3 rings (SSSR count). The summed E-state index contributed by atoms with van der Waals surface area (Å²) in [5, 5.41) is 0. The minimum Gasteiger partial charge on any atom is -0.382 e. The highest BCUT2D eigenvalue weighted by Crippen LogP contribution is 2.34. The Hall–Kier alpha value is -1.72. The van der Waals surface area contributed by atoms with Crippen LogP contribution in [0.5, 0.6) is 0 Å². The second-order valence-electron chi connectivity index (χ2n) is 5.34. The van der Waals surface area contributed by atoms with Crippen LogP contribution in [0.2, 0.25) is 0 Å². The Balaban J connectivity index is 1.95. The van der Waals surface area contributed by atoms with Crippen molar-refractivity contribution in [3.63, 3.8) is 0 Å². The Morgan fingerprint density at radius 1 is 1.37 bits per heavy atom. The Morgan fingerprint density at radius 3 is 2.95 bits per heavy atom. The number of nitrogens with two attached hydrogens (primary N) is 2. The van der Waals surface area contributed by atoms with Crippen LogP contribution in [0.25, 0.3) is 11.0 Å². The van der Waals surface area contributed by atoms with E-state index in [1.54, 1.807) is 6.20 Å². The maximum atomic E-state index is 5.78. The van der Waals surface area contributed by atoms with Gasteiger partial charge in [0.1, 0.15) is 5.82 Å². The lowest BCUT2D eigenvalue weighted by molar-refractivity contribution is 0.314. The van der Waals surface area contributed by atoms with E-state index in [0.29, 0.717) is 17.8 Å². The molecule has 4 N–H and O–H groups in total. The van der Waals surface area contributed by atoms with Gasteiger partial charge in [0.05, 0.1) is 17.2 Å². The zero-order valence-corrected chi connectivity index (χ0v) is 11.1. The normalized spacial score (nSPS) is 24.1. The van der Waals surface area contributed by atoms with Crippen molar-refractivity contribution in [1.82, 2.24) is 14.9 Å². The Morgan fingerprint density at radius 2 is 2.21 bits per heavy atom. The van der Waals surface area contributed by atoms with Crippen LogP contribution in [0.1, 0.15) is 18.0 Å². The molecule has 1 aromatic carbocycles. The minimum atomic E-state index is 0.428. The molecular formula is C14H19N5. The summed E-state index contributed by atoms with van der Waals surface area (Å²) in [4.78, 5) is 11.0. The molecule has 1 saturated heterocycles. The summed E-state index contributed by atoms with van der Waals surface area (Å²) in [5.41, 5.74) is 14.5. The first kappa shape index (κ1) is 12.3. The molecule has 0 amide bonds. The van der Waals surface area contributed by atoms with Gasteiger partial charge in [-0.25, -0.2) is 4.98 Å². The number of hydrogen-bond donors (Lipinski definition) is 2. The molecule has 0 radical (unpaired) electrons. The largest absolute Gasteiger partial charge is 0.382 e. The summed E-state index contributed by atoms with van der Waals surface area (Å²) in [5.74, 6) is 1.05. The zero-order chi connectivity index (χ0) is 13.4. The molecule has 2 aromatic rings. The third-order valence-corrected chi connectivity index (χ3v) is 3.94. The molecular weight excluding hydrogens is 238 g/mol. The standard InChI is InChI=1S/C14H19N5/c1-19-8-9(6-15)4-13(19)10-2-3-11-12(5-10)17-7-14(16)18-11/h2-3,5,7,9,13H,4,6,8,15H2,1H3,(H2,16,18). The molecule has 100 valence electrons. The van der Waals surface area contributed by atoms with E-state index >= 15 is 0 Å². The van der Waals surface area contributed by atoms with Gasteiger partial charge in [0, 0.05) is 12.6 Å². The van der Waals surface area contributed by atoms with Crippen molar-refractivity contribution in [3.8, 4) is 0 Å². The lowest BCUT2D eigenvalue weighted by Crippen LogP contribution is -2.20. The quantitative estimate of drug-likeness (QED) is 0.844. The lowest BCUT2D eigenvalue weighted by Gasteiger charge is -2.19. The Labute approximate surface area is 112 Å². The predicted octanol–water partition coefficient (Wildman–Crippen LogP) is 1.16. The number of anilines is 1. The van der Waals surface area contributed by atoms with Crippen LogP contribution in [-0.4, -0.2) is 35.0 Å². The molecule has 0 saturated carbocycles. The highest BCUT2D eigenvalue weighted by atomic mass is 15.2. The van der Waals surface area contributed by atoms with Crippen LogP contribution >= 0.6 is 0 Å². The van der Waals surface area contributed by atoms with Gasteiger partial charge in [0.15, 0.2) is 0 Å². The Bertz CT molecular complexity index is 597. The van der Waals surface area contributed by atoms with Crippen molar-refractivity contribution < 1.29 is 0 Å². The number of fused-ring (bicyclic) bond motifs is 1. The molecule has 5 nitrogen and oxygen atoms in total. The van der Waals surface area contributed by atoms with Gasteiger partial charge >= 0.3 is 0 Å². The van der Waals surface area contributed by atoms with E-state index in [4.69, 9.17) is 11.5 Å². The summed E-state index contributed by atoms with van der Waals surface area (Å²) in [6.07, 6.45) is 2.72. The van der Waals surface area contributed by atoms with Crippen molar-refractivity contribution in [3.05, 3.63) is 30.0 Å². The smallest absolute Gasteiger partial charge is 0.142 e. The van der Waals surface area contributed by atoms with Crippen LogP contribution < -0.4 is 11.5 Å². The summed E-state index contributed by atoms with van der Waals surface area (Å²) in [6, 6.07) is 6.66. The number of nitrogen functional groups attached to an aromatic ring is 1. The van der Waals surface area contributed by atoms with Crippen LogP contribution in [0.3, 0.4) is 0 Å². The molecule has 0 bridgehead atoms. The number of aromatic nitrogens is 2. The third-order valence-electron chi connectivity index (χ3n) is 3.94. The molecule has 19 heavy (non-hydrogen) atoms. The molecule has 2 unspecified atom stereocenters. The molecule has 1 aromatic heterocycles. The molecule has 5 heteroatoms. The molecule has 1 aliphatic heterocycles. The van der Waals surface area contributed by atoms with Gasteiger partial charge in [-0.3, -0.25) is 9.88 Å². The van der Waals surface area contributed by atoms with Gasteiger partial charge in [0.2, 0.25) is 0 Å². The van der Waals surface area contributed by atoms with Crippen LogP contribution in [-0.2, 0) is 0 Å². The van der Waals surface area contributed by atoms with E-state index in [2.05, 4.69) is 34.0 Å². The number of nitrogens with zero attached hydrogens (tertiary/aromatic N) is 3. The SMILES string of the molecule is CN1CC(CN)CC1c1ccc2nc(N)cnc2c1. The maximum Gasteiger partial charge on any atom is 0.142 e. The van der Waals surface area contributed by atoms with Crippen molar-refractivity contribution >= 4 is 16.9 Å². The molecule has 2 heterocycles. The fourth-order valence-electron chi connectivity index (χ4n) is 2.92. The zero-order valence-electron chi connectivity index (χ0n) is 11.1. The third kappa shape index (κ3) is 2.27. The number of rotatable bonds is 2. The van der Waals surface area contributed by atoms with Crippen LogP contribution in [0, 0.1) is 5.92 Å². The second kappa shape index (κ2) is 4.75. The van der Waals surface area contributed by atoms with Crippen molar-refractivity contribution in [2.75, 3.05) is 25.9 Å². The van der Waals surface area contributed by atoms with Gasteiger partial charge < -0.3 is 11.5 Å². The highest BCUT2D eigenvalue weighted by Gasteiger charge is 2.29. The van der Waals surface area contributed by atoms with Crippen molar-refractivity contribution in [2.45, 2.75) is 12.5 Å². The van der Waals surface area contributed by atoms with Gasteiger partial charge in [-0.1, -0.05) is 6.07 Å². The minimum absolute atomic E-state index is 0.428. The van der Waals surface area contributed by atoms with Gasteiger partial charge in [-0.05, 0) is 43.6 Å². The average molecular weight is 257 g/mol. The molecule has 2 atom stereocenters. The van der Waals surface area contributed by atoms with E-state index in [1.165, 1.54) is 5.56 Å². The summed E-state index contributed by atoms with van der Waals surface area (Å²) in [6.45, 7) is 1.82. The fraction of sp³-hybridized carbons (Fsp3) is 0.429. The van der Waals surface area contributed by atoms with E-state index in [1.807, 2.05) is 6.07 Å². The number of hydrogen-bond acceptors (Lipinski definition) is 5. The fourth-order valence-corrected chi connectivity index (χ4v) is 2.92. The van der Waals surface area contributed by atoms with Crippen molar-refractivity contribution in [1.29, 1.82) is 0 Å². The summed E-state index contributed by atoms with van der Waals surface area (Å²) < 4.78 is 0. The average Bonchev–Trinajstić information content (AvgIpc) is 2.79. The van der Waals surface area contributed by atoms with E-state index in [0.717, 1.165) is 30.5 Å². The maximum absolute atomic E-state index is 5.78. The summed E-state index contributed by atoms with van der Waals surface area (Å²) >= 11 is 0. The first-order valence-electron chi connectivity index (χ1n) is 6.60. The van der Waals surface area contributed by atoms with Gasteiger partial charge in [0.25, 0.3) is 0 Å². The molecule has 0 aliphatic carbocycles. The van der Waals surface area contributed by atoms with Crippen molar-refractivity contribution in [2.24, 2.45) is 11.7 Å². The van der Waals surface area contributed by atoms with Gasteiger partial charge in [-0.15, -0.1) is 0 Å². The van der Waals surface area contributed by atoms with Gasteiger partial charge in [-0.2, -0.15) is 0 Å². The number of benzene rings is 1. The second-order valence-corrected chi connectivity index (χ2v) is 5.34.